The summed E-state index contributed by atoms with van der Waals surface area (Å²) in [5.74, 6) is 1.07. The van der Waals surface area contributed by atoms with Crippen molar-refractivity contribution >= 4 is 41.5 Å². The lowest BCUT2D eigenvalue weighted by Gasteiger charge is -2.26. The maximum absolute atomic E-state index is 12.0. The van der Waals surface area contributed by atoms with Gasteiger partial charge in [0.15, 0.2) is 5.96 Å². The molecule has 0 saturated heterocycles. The first-order valence-corrected chi connectivity index (χ1v) is 10.1. The van der Waals surface area contributed by atoms with Crippen molar-refractivity contribution in [3.05, 3.63) is 29.8 Å². The van der Waals surface area contributed by atoms with E-state index in [1.165, 1.54) is 18.4 Å². The minimum absolute atomic E-state index is 0. The molecule has 2 aliphatic rings. The van der Waals surface area contributed by atoms with Crippen LogP contribution in [0.2, 0.25) is 0 Å². The first kappa shape index (κ1) is 22.9. The van der Waals surface area contributed by atoms with Gasteiger partial charge in [-0.3, -0.25) is 9.79 Å². The lowest BCUT2D eigenvalue weighted by atomic mass is 9.90. The molecule has 1 unspecified atom stereocenters. The molecule has 3 rings (SSSR count). The number of aliphatic imine (C=N–C) groups is 1. The van der Waals surface area contributed by atoms with E-state index in [1.807, 2.05) is 25.1 Å². The van der Waals surface area contributed by atoms with Gasteiger partial charge in [0.25, 0.3) is 0 Å². The molecule has 0 aromatic heterocycles. The second-order valence-electron chi connectivity index (χ2n) is 7.56. The van der Waals surface area contributed by atoms with E-state index >= 15 is 0 Å². The van der Waals surface area contributed by atoms with E-state index in [4.69, 9.17) is 9.73 Å². The van der Waals surface area contributed by atoms with Gasteiger partial charge in [0.1, 0.15) is 0 Å². The minimum atomic E-state index is 0. The van der Waals surface area contributed by atoms with Crippen molar-refractivity contribution in [2.45, 2.75) is 45.4 Å². The van der Waals surface area contributed by atoms with Crippen molar-refractivity contribution in [3.63, 3.8) is 0 Å². The fraction of sp³-hybridized carbons (Fsp3) is 0.619. The van der Waals surface area contributed by atoms with Crippen LogP contribution in [0.25, 0.3) is 0 Å². The van der Waals surface area contributed by atoms with Crippen LogP contribution in [0, 0.1) is 5.41 Å². The summed E-state index contributed by atoms with van der Waals surface area (Å²) in [6.07, 6.45) is 4.06. The Bertz CT molecular complexity index is 676. The number of carbonyl (C=O) groups excluding carboxylic acids is 1. The number of rotatable bonds is 9. The zero-order valence-electron chi connectivity index (χ0n) is 16.9. The Morgan fingerprint density at radius 3 is 2.79 bits per heavy atom. The van der Waals surface area contributed by atoms with Crippen LogP contribution in [0.3, 0.4) is 0 Å². The highest BCUT2D eigenvalue weighted by molar-refractivity contribution is 14.0. The van der Waals surface area contributed by atoms with Gasteiger partial charge in [-0.15, -0.1) is 24.0 Å². The average Bonchev–Trinajstić information content (AvgIpc) is 3.44. The standard InChI is InChI=1S/C21H32N4O2.HI/c1-3-22-20(24-15-21(9-10-21)11-12-27-4-2)23-14-16-13-19(26)25-18-8-6-5-7-17(16)18;/h5-8,16H,3-4,9-15H2,1-2H3,(H,25,26)(H2,22,23,24);1H. The highest BCUT2D eigenvalue weighted by Crippen LogP contribution is 2.49. The Kier molecular flexibility index (Phi) is 9.01. The van der Waals surface area contributed by atoms with E-state index in [9.17, 15) is 4.79 Å². The minimum Gasteiger partial charge on any atom is -0.382 e. The van der Waals surface area contributed by atoms with Gasteiger partial charge >= 0.3 is 0 Å². The Balaban J connectivity index is 0.00000280. The van der Waals surface area contributed by atoms with Gasteiger partial charge in [0.05, 0.1) is 0 Å². The molecule has 1 aliphatic carbocycles. The van der Waals surface area contributed by atoms with Crippen LogP contribution in [-0.4, -0.2) is 44.7 Å². The predicted octanol–water partition coefficient (Wildman–Crippen LogP) is 3.49. The van der Waals surface area contributed by atoms with Gasteiger partial charge < -0.3 is 20.7 Å². The quantitative estimate of drug-likeness (QED) is 0.210. The second-order valence-corrected chi connectivity index (χ2v) is 7.56. The molecule has 6 nitrogen and oxygen atoms in total. The van der Waals surface area contributed by atoms with Crippen LogP contribution in [0.4, 0.5) is 5.69 Å². The number of benzene rings is 1. The number of para-hydroxylation sites is 1. The molecule has 0 radical (unpaired) electrons. The maximum Gasteiger partial charge on any atom is 0.225 e. The molecule has 156 valence electrons. The van der Waals surface area contributed by atoms with Crippen molar-refractivity contribution in [2.75, 3.05) is 38.2 Å². The number of nitrogens with one attached hydrogen (secondary N) is 3. The van der Waals surface area contributed by atoms with Crippen molar-refractivity contribution in [1.29, 1.82) is 0 Å². The Labute approximate surface area is 185 Å². The summed E-state index contributed by atoms with van der Waals surface area (Å²) < 4.78 is 5.52. The second kappa shape index (κ2) is 11.0. The van der Waals surface area contributed by atoms with Crippen LogP contribution in [0.15, 0.2) is 29.3 Å². The molecule has 1 heterocycles. The van der Waals surface area contributed by atoms with E-state index in [0.717, 1.165) is 44.4 Å². The third-order valence-corrected chi connectivity index (χ3v) is 5.48. The average molecular weight is 500 g/mol. The van der Waals surface area contributed by atoms with Crippen LogP contribution in [-0.2, 0) is 9.53 Å². The number of carbonyl (C=O) groups is 1. The largest absolute Gasteiger partial charge is 0.382 e. The summed E-state index contributed by atoms with van der Waals surface area (Å²) in [5.41, 5.74) is 2.45. The Morgan fingerprint density at radius 1 is 1.29 bits per heavy atom. The van der Waals surface area contributed by atoms with Crippen molar-refractivity contribution in [3.8, 4) is 0 Å². The molecule has 1 saturated carbocycles. The zero-order chi connectivity index (χ0) is 19.1. The molecule has 0 spiro atoms. The van der Waals surface area contributed by atoms with Gasteiger partial charge in [0, 0.05) is 50.9 Å². The summed E-state index contributed by atoms with van der Waals surface area (Å²) in [5, 5.41) is 9.74. The number of ether oxygens (including phenoxy) is 1. The molecule has 1 aliphatic heterocycles. The molecular weight excluding hydrogens is 467 g/mol. The third kappa shape index (κ3) is 6.34. The molecule has 1 atom stereocenters. The zero-order valence-corrected chi connectivity index (χ0v) is 19.3. The summed E-state index contributed by atoms with van der Waals surface area (Å²) in [6, 6.07) is 8.04. The van der Waals surface area contributed by atoms with Crippen LogP contribution >= 0.6 is 24.0 Å². The maximum atomic E-state index is 12.0. The first-order chi connectivity index (χ1) is 13.2. The molecule has 28 heavy (non-hydrogen) atoms. The van der Waals surface area contributed by atoms with E-state index < -0.39 is 0 Å². The lowest BCUT2D eigenvalue weighted by Crippen LogP contribution is -2.41. The van der Waals surface area contributed by atoms with Crippen LogP contribution in [0.5, 0.6) is 0 Å². The van der Waals surface area contributed by atoms with Gasteiger partial charge in [-0.2, -0.15) is 0 Å². The molecule has 1 fully saturated rings. The SMILES string of the molecule is CCNC(=NCC1(CCOCC)CC1)NCC1CC(=O)Nc2ccccc21.I. The number of nitrogens with zero attached hydrogens (tertiary/aromatic N) is 1. The molecule has 3 N–H and O–H groups in total. The summed E-state index contributed by atoms with van der Waals surface area (Å²) in [4.78, 5) is 16.8. The van der Waals surface area contributed by atoms with Crippen molar-refractivity contribution in [2.24, 2.45) is 10.4 Å². The summed E-state index contributed by atoms with van der Waals surface area (Å²) in [6.45, 7) is 8.06. The topological polar surface area (TPSA) is 74.8 Å². The molecule has 1 aromatic carbocycles. The smallest absolute Gasteiger partial charge is 0.225 e. The normalized spacial score (nSPS) is 19.9. The van der Waals surface area contributed by atoms with Crippen molar-refractivity contribution in [1.82, 2.24) is 10.6 Å². The number of amides is 1. The third-order valence-electron chi connectivity index (χ3n) is 5.48. The lowest BCUT2D eigenvalue weighted by molar-refractivity contribution is -0.116. The molecule has 1 amide bonds. The van der Waals surface area contributed by atoms with Crippen LogP contribution < -0.4 is 16.0 Å². The number of fused-ring (bicyclic) bond motifs is 1. The van der Waals surface area contributed by atoms with Gasteiger partial charge in [-0.25, -0.2) is 0 Å². The molecule has 1 aromatic rings. The number of guanidine groups is 1. The summed E-state index contributed by atoms with van der Waals surface area (Å²) in [7, 11) is 0. The van der Waals surface area contributed by atoms with Gasteiger partial charge in [0.2, 0.25) is 5.91 Å². The number of anilines is 1. The van der Waals surface area contributed by atoms with E-state index in [-0.39, 0.29) is 35.8 Å². The molecule has 0 bridgehead atoms. The predicted molar refractivity (Wildman–Crippen MR) is 125 cm³/mol. The Morgan fingerprint density at radius 2 is 2.07 bits per heavy atom. The highest BCUT2D eigenvalue weighted by atomic mass is 127. The van der Waals surface area contributed by atoms with E-state index in [1.54, 1.807) is 0 Å². The number of hydrogen-bond acceptors (Lipinski definition) is 3. The number of hydrogen-bond donors (Lipinski definition) is 3. The summed E-state index contributed by atoms with van der Waals surface area (Å²) >= 11 is 0. The fourth-order valence-electron chi connectivity index (χ4n) is 3.59. The number of halogens is 1. The van der Waals surface area contributed by atoms with E-state index in [2.05, 4.69) is 28.9 Å². The Hall–Kier alpha value is -1.35. The molecular formula is C21H33IN4O2. The van der Waals surface area contributed by atoms with Gasteiger partial charge in [-0.05, 0) is 50.2 Å². The fourth-order valence-corrected chi connectivity index (χ4v) is 3.59. The van der Waals surface area contributed by atoms with Gasteiger partial charge in [-0.1, -0.05) is 18.2 Å². The highest BCUT2D eigenvalue weighted by Gasteiger charge is 2.41. The molecule has 7 heteroatoms. The van der Waals surface area contributed by atoms with E-state index in [0.29, 0.717) is 18.4 Å². The first-order valence-electron chi connectivity index (χ1n) is 10.1. The van der Waals surface area contributed by atoms with Crippen LogP contribution in [0.1, 0.15) is 51.0 Å². The monoisotopic (exact) mass is 500 g/mol. The van der Waals surface area contributed by atoms with Crippen molar-refractivity contribution < 1.29 is 9.53 Å².